The van der Waals surface area contributed by atoms with Gasteiger partial charge in [0.15, 0.2) is 5.11 Å². The number of primary sulfonamides is 1. The predicted octanol–water partition coefficient (Wildman–Crippen LogP) is 2.11. The second kappa shape index (κ2) is 6.53. The molecule has 9 heteroatoms. The summed E-state index contributed by atoms with van der Waals surface area (Å²) in [5.74, 6) is 0. The topological polar surface area (TPSA) is 84.2 Å². The lowest BCUT2D eigenvalue weighted by Crippen LogP contribution is -2.28. The molecule has 4 N–H and O–H groups in total. The Morgan fingerprint density at radius 1 is 1.42 bits per heavy atom. The monoisotopic (exact) mass is 339 g/mol. The summed E-state index contributed by atoms with van der Waals surface area (Å²) in [5, 5.41) is 11.1. The maximum Gasteiger partial charge on any atom is 0.238 e. The van der Waals surface area contributed by atoms with Crippen LogP contribution < -0.4 is 15.8 Å². The molecule has 0 aliphatic rings. The number of rotatable bonds is 4. The number of anilines is 1. The van der Waals surface area contributed by atoms with Gasteiger partial charge in [0.25, 0.3) is 0 Å². The van der Waals surface area contributed by atoms with Crippen LogP contribution in [0.3, 0.4) is 0 Å². The minimum absolute atomic E-state index is 0.0966. The van der Waals surface area contributed by atoms with Gasteiger partial charge in [0.2, 0.25) is 10.0 Å². The molecule has 0 atom stereocenters. The van der Waals surface area contributed by atoms with E-state index in [0.717, 1.165) is 0 Å². The molecule has 0 fully saturated rings. The number of halogens is 2. The molecule has 1 rings (SSSR count). The van der Waals surface area contributed by atoms with Crippen LogP contribution in [0.4, 0.5) is 5.69 Å². The average molecular weight is 340 g/mol. The molecular weight excluding hydrogens is 329 g/mol. The number of nitrogens with two attached hydrogens (primary N) is 1. The first-order valence-corrected chi connectivity index (χ1v) is 7.64. The fourth-order valence-electron chi connectivity index (χ4n) is 1.16. The number of benzene rings is 1. The highest BCUT2D eigenvalue weighted by Gasteiger charge is 2.15. The first-order chi connectivity index (χ1) is 8.75. The zero-order valence-electron chi connectivity index (χ0n) is 9.61. The van der Waals surface area contributed by atoms with E-state index in [9.17, 15) is 8.42 Å². The highest BCUT2D eigenvalue weighted by molar-refractivity contribution is 7.89. The Bertz CT molecular complexity index is 594. The van der Waals surface area contributed by atoms with Crippen molar-refractivity contribution in [2.45, 2.75) is 4.90 Å². The summed E-state index contributed by atoms with van der Waals surface area (Å²) < 4.78 is 22.4. The largest absolute Gasteiger partial charge is 0.359 e. The fourth-order valence-corrected chi connectivity index (χ4v) is 2.62. The van der Waals surface area contributed by atoms with Gasteiger partial charge in [-0.2, -0.15) is 0 Å². The van der Waals surface area contributed by atoms with Crippen molar-refractivity contribution in [2.24, 2.45) is 5.14 Å². The van der Waals surface area contributed by atoms with Gasteiger partial charge in [0.1, 0.15) is 0 Å². The van der Waals surface area contributed by atoms with Gasteiger partial charge >= 0.3 is 0 Å². The summed E-state index contributed by atoms with van der Waals surface area (Å²) in [6.07, 6.45) is 1.63. The fraction of sp³-hybridized carbons (Fsp3) is 0.100. The molecule has 0 bridgehead atoms. The summed E-state index contributed by atoms with van der Waals surface area (Å²) in [4.78, 5) is -0.169. The molecule has 1 aromatic rings. The maximum absolute atomic E-state index is 11.2. The lowest BCUT2D eigenvalue weighted by Gasteiger charge is -2.13. The Labute approximate surface area is 126 Å². The minimum atomic E-state index is -3.87. The number of thiocarbonyl (C=S) groups is 1. The lowest BCUT2D eigenvalue weighted by molar-refractivity contribution is 0.598. The summed E-state index contributed by atoms with van der Waals surface area (Å²) in [6, 6.07) is 2.39. The Kier molecular flexibility index (Phi) is 5.57. The number of hydrogen-bond acceptors (Lipinski definition) is 3. The van der Waals surface area contributed by atoms with Crippen LogP contribution in [-0.4, -0.2) is 20.1 Å². The molecular formula is C10H11Cl2N3O2S2. The van der Waals surface area contributed by atoms with Crippen LogP contribution in [0, 0.1) is 0 Å². The molecule has 0 saturated heterocycles. The van der Waals surface area contributed by atoms with Crippen molar-refractivity contribution in [2.75, 3.05) is 11.9 Å². The van der Waals surface area contributed by atoms with Crippen LogP contribution in [0.5, 0.6) is 0 Å². The highest BCUT2D eigenvalue weighted by atomic mass is 35.5. The molecule has 19 heavy (non-hydrogen) atoms. The van der Waals surface area contributed by atoms with Crippen molar-refractivity contribution in [1.29, 1.82) is 0 Å². The zero-order chi connectivity index (χ0) is 14.6. The van der Waals surface area contributed by atoms with E-state index in [1.807, 2.05) is 0 Å². The van der Waals surface area contributed by atoms with E-state index in [1.165, 1.54) is 12.1 Å². The van der Waals surface area contributed by atoms with Crippen LogP contribution >= 0.6 is 35.4 Å². The van der Waals surface area contributed by atoms with E-state index in [4.69, 9.17) is 40.6 Å². The van der Waals surface area contributed by atoms with Gasteiger partial charge in [-0.25, -0.2) is 13.6 Å². The molecule has 0 spiro atoms. The highest BCUT2D eigenvalue weighted by Crippen LogP contribution is 2.33. The molecule has 0 unspecified atom stereocenters. The summed E-state index contributed by atoms with van der Waals surface area (Å²) in [5.41, 5.74) is 0.303. The molecule has 0 saturated carbocycles. The first kappa shape index (κ1) is 16.2. The molecule has 0 heterocycles. The Morgan fingerprint density at radius 2 is 1.95 bits per heavy atom. The zero-order valence-corrected chi connectivity index (χ0v) is 12.8. The first-order valence-electron chi connectivity index (χ1n) is 4.93. The van der Waals surface area contributed by atoms with Crippen molar-refractivity contribution in [3.63, 3.8) is 0 Å². The third kappa shape index (κ3) is 4.63. The Balaban J connectivity index is 3.04. The van der Waals surface area contributed by atoms with Crippen LogP contribution in [-0.2, 0) is 10.0 Å². The van der Waals surface area contributed by atoms with E-state index in [-0.39, 0.29) is 20.1 Å². The van der Waals surface area contributed by atoms with Crippen LogP contribution in [0.15, 0.2) is 29.7 Å². The van der Waals surface area contributed by atoms with E-state index in [1.54, 1.807) is 6.08 Å². The SMILES string of the molecule is C=CCNC(=S)Nc1c(Cl)cc(S(N)(=O)=O)cc1Cl. The molecule has 0 amide bonds. The predicted molar refractivity (Wildman–Crippen MR) is 82.3 cm³/mol. The third-order valence-corrected chi connectivity index (χ3v) is 3.72. The second-order valence-corrected chi connectivity index (χ2v) is 6.21. The van der Waals surface area contributed by atoms with Gasteiger partial charge in [-0.3, -0.25) is 0 Å². The standard InChI is InChI=1S/C10H11Cl2N3O2S2/c1-2-3-14-10(18)15-9-7(11)4-6(5-8(9)12)19(13,16)17/h2,4-5H,1,3H2,(H2,13,16,17)(H2,14,15,18). The van der Waals surface area contributed by atoms with E-state index < -0.39 is 10.0 Å². The lowest BCUT2D eigenvalue weighted by atomic mass is 10.3. The van der Waals surface area contributed by atoms with E-state index in [0.29, 0.717) is 12.2 Å². The normalized spacial score (nSPS) is 10.9. The van der Waals surface area contributed by atoms with Crippen LogP contribution in [0.1, 0.15) is 0 Å². The molecule has 0 aliphatic heterocycles. The molecule has 5 nitrogen and oxygen atoms in total. The maximum atomic E-state index is 11.2. The average Bonchev–Trinajstić information content (AvgIpc) is 2.29. The van der Waals surface area contributed by atoms with Gasteiger partial charge in [-0.1, -0.05) is 29.3 Å². The summed E-state index contributed by atoms with van der Waals surface area (Å²) in [7, 11) is -3.87. The van der Waals surface area contributed by atoms with E-state index in [2.05, 4.69) is 17.2 Å². The number of nitrogens with one attached hydrogen (secondary N) is 2. The second-order valence-electron chi connectivity index (χ2n) is 3.43. The summed E-state index contributed by atoms with van der Waals surface area (Å²) >= 11 is 16.9. The van der Waals surface area contributed by atoms with Crippen molar-refractivity contribution in [1.82, 2.24) is 5.32 Å². The van der Waals surface area contributed by atoms with Crippen LogP contribution in [0.25, 0.3) is 0 Å². The van der Waals surface area contributed by atoms with Crippen LogP contribution in [0.2, 0.25) is 10.0 Å². The smallest absolute Gasteiger partial charge is 0.238 e. The Hall–Kier alpha value is -0.860. The van der Waals surface area contributed by atoms with Crippen molar-refractivity contribution in [3.8, 4) is 0 Å². The molecule has 0 aliphatic carbocycles. The van der Waals surface area contributed by atoms with Crippen molar-refractivity contribution in [3.05, 3.63) is 34.8 Å². The summed E-state index contributed by atoms with van der Waals surface area (Å²) in [6.45, 7) is 4.00. The van der Waals surface area contributed by atoms with Gasteiger partial charge in [0.05, 0.1) is 20.6 Å². The van der Waals surface area contributed by atoms with E-state index >= 15 is 0 Å². The van der Waals surface area contributed by atoms with Crippen molar-refractivity contribution >= 4 is 56.2 Å². The Morgan fingerprint density at radius 3 is 2.37 bits per heavy atom. The molecule has 0 radical (unpaired) electrons. The van der Waals surface area contributed by atoms with Gasteiger partial charge in [-0.05, 0) is 24.4 Å². The van der Waals surface area contributed by atoms with Gasteiger partial charge in [0, 0.05) is 6.54 Å². The molecule has 104 valence electrons. The minimum Gasteiger partial charge on any atom is -0.359 e. The number of hydrogen-bond donors (Lipinski definition) is 3. The van der Waals surface area contributed by atoms with Crippen molar-refractivity contribution < 1.29 is 8.42 Å². The van der Waals surface area contributed by atoms with Gasteiger partial charge < -0.3 is 10.6 Å². The molecule has 0 aromatic heterocycles. The quantitative estimate of drug-likeness (QED) is 0.578. The number of sulfonamides is 1. The molecule has 1 aromatic carbocycles. The van der Waals surface area contributed by atoms with Gasteiger partial charge in [-0.15, -0.1) is 6.58 Å². The third-order valence-electron chi connectivity index (χ3n) is 1.99.